The van der Waals surface area contributed by atoms with Crippen molar-refractivity contribution in [2.24, 2.45) is 0 Å². The van der Waals surface area contributed by atoms with Gasteiger partial charge in [0.1, 0.15) is 30.3 Å². The first-order valence-corrected chi connectivity index (χ1v) is 12.4. The number of nitrogens with zero attached hydrogens (tertiary/aromatic N) is 2. The fourth-order valence-electron chi connectivity index (χ4n) is 3.44. The molecule has 0 spiro atoms. The highest BCUT2D eigenvalue weighted by atomic mass is 32.2. The number of nitro groups is 1. The topological polar surface area (TPSA) is 107 Å². The van der Waals surface area contributed by atoms with Crippen LogP contribution in [0.4, 0.5) is 5.69 Å². The highest BCUT2D eigenvalue weighted by Gasteiger charge is 2.23. The lowest BCUT2D eigenvalue weighted by Gasteiger charge is -2.36. The molecule has 0 bridgehead atoms. The maximum absolute atomic E-state index is 10.5. The zero-order chi connectivity index (χ0) is 25.0. The number of likely N-dealkylation sites (N-methyl/N-ethyl adjacent to an activating group) is 1. The standard InChI is InChI=1S/C19H26NO.C6H5NO5S/c1-3-20(4-2,17-18-11-7-5-8-12-18)15-16-21-19-13-9-6-10-14-19;8-7(9)5-2-1-3-6(4-5)13(10,11)12/h5-14H,3-4,15-17H2,1-2H3;1-4H,(H,10,11,12)/q+1;. The summed E-state index contributed by atoms with van der Waals surface area (Å²) in [5.74, 6) is 0.961. The van der Waals surface area contributed by atoms with E-state index in [0.29, 0.717) is 0 Å². The average molecular weight is 488 g/mol. The normalized spacial score (nSPS) is 11.3. The zero-order valence-electron chi connectivity index (χ0n) is 19.4. The maximum atomic E-state index is 10.5. The molecule has 3 aromatic carbocycles. The molecule has 0 radical (unpaired) electrons. The summed E-state index contributed by atoms with van der Waals surface area (Å²) >= 11 is 0. The molecule has 8 nitrogen and oxygen atoms in total. The molecule has 3 rings (SSSR count). The molecule has 0 saturated heterocycles. The molecule has 34 heavy (non-hydrogen) atoms. The first-order chi connectivity index (χ1) is 16.2. The smallest absolute Gasteiger partial charge is 0.294 e. The average Bonchev–Trinajstić information content (AvgIpc) is 2.84. The van der Waals surface area contributed by atoms with Crippen molar-refractivity contribution in [2.45, 2.75) is 25.3 Å². The van der Waals surface area contributed by atoms with Crippen LogP contribution in [-0.2, 0) is 16.7 Å². The van der Waals surface area contributed by atoms with E-state index in [-0.39, 0.29) is 5.69 Å². The molecular weight excluding hydrogens is 456 g/mol. The van der Waals surface area contributed by atoms with Crippen LogP contribution in [0.5, 0.6) is 5.75 Å². The minimum atomic E-state index is -4.36. The van der Waals surface area contributed by atoms with Crippen LogP contribution in [0.25, 0.3) is 0 Å². The van der Waals surface area contributed by atoms with Crippen LogP contribution in [0.3, 0.4) is 0 Å². The highest BCUT2D eigenvalue weighted by molar-refractivity contribution is 7.85. The number of para-hydroxylation sites is 1. The van der Waals surface area contributed by atoms with Crippen molar-refractivity contribution in [3.8, 4) is 5.75 Å². The first-order valence-electron chi connectivity index (χ1n) is 11.0. The molecule has 0 aliphatic heterocycles. The Morgan fingerprint density at radius 2 is 1.50 bits per heavy atom. The Morgan fingerprint density at radius 1 is 0.912 bits per heavy atom. The number of non-ortho nitro benzene ring substituents is 1. The Morgan fingerprint density at radius 3 is 2.03 bits per heavy atom. The molecule has 0 aromatic heterocycles. The van der Waals surface area contributed by atoms with E-state index in [0.717, 1.165) is 61.2 Å². The van der Waals surface area contributed by atoms with Gasteiger partial charge in [0.25, 0.3) is 15.8 Å². The third-order valence-electron chi connectivity index (χ3n) is 5.61. The van der Waals surface area contributed by atoms with Crippen molar-refractivity contribution in [2.75, 3.05) is 26.2 Å². The Bertz CT molecular complexity index is 1130. The number of nitro benzene ring substituents is 1. The van der Waals surface area contributed by atoms with Crippen LogP contribution in [0.2, 0.25) is 0 Å². The summed E-state index contributed by atoms with van der Waals surface area (Å²) in [5.41, 5.74) is 1.02. The van der Waals surface area contributed by atoms with Crippen molar-refractivity contribution in [3.05, 3.63) is 101 Å². The molecule has 0 aliphatic carbocycles. The molecule has 0 amide bonds. The van der Waals surface area contributed by atoms with E-state index in [1.54, 1.807) is 0 Å². The van der Waals surface area contributed by atoms with Crippen LogP contribution in [0.1, 0.15) is 19.4 Å². The van der Waals surface area contributed by atoms with Crippen LogP contribution in [0, 0.1) is 10.1 Å². The Balaban J connectivity index is 0.000000270. The molecule has 1 N–H and O–H groups in total. The summed E-state index contributed by atoms with van der Waals surface area (Å²) in [6.07, 6.45) is 0. The molecule has 0 heterocycles. The summed E-state index contributed by atoms with van der Waals surface area (Å²) in [7, 11) is -4.36. The fourth-order valence-corrected chi connectivity index (χ4v) is 3.96. The molecule has 0 unspecified atom stereocenters. The number of hydrogen-bond acceptors (Lipinski definition) is 5. The maximum Gasteiger partial charge on any atom is 0.294 e. The van der Waals surface area contributed by atoms with E-state index in [2.05, 4.69) is 44.2 Å². The van der Waals surface area contributed by atoms with Gasteiger partial charge in [0, 0.05) is 17.7 Å². The number of ether oxygens (including phenoxy) is 1. The van der Waals surface area contributed by atoms with Crippen molar-refractivity contribution in [3.63, 3.8) is 0 Å². The summed E-state index contributed by atoms with van der Waals surface area (Å²) in [4.78, 5) is 8.98. The number of quaternary nitrogens is 1. The second kappa shape index (κ2) is 12.8. The third kappa shape index (κ3) is 8.58. The number of rotatable bonds is 10. The number of hydrogen-bond donors (Lipinski definition) is 1. The van der Waals surface area contributed by atoms with Gasteiger partial charge in [-0.05, 0) is 32.0 Å². The van der Waals surface area contributed by atoms with Crippen LogP contribution in [0.15, 0.2) is 89.8 Å². The molecular formula is C25H31N2O6S+. The van der Waals surface area contributed by atoms with E-state index in [4.69, 9.17) is 9.29 Å². The highest BCUT2D eigenvalue weighted by Crippen LogP contribution is 2.17. The largest absolute Gasteiger partial charge is 0.488 e. The molecule has 182 valence electrons. The molecule has 0 saturated carbocycles. The first kappa shape index (κ1) is 27.0. The minimum Gasteiger partial charge on any atom is -0.488 e. The van der Waals surface area contributed by atoms with Crippen molar-refractivity contribution >= 4 is 15.8 Å². The van der Waals surface area contributed by atoms with Gasteiger partial charge in [0.05, 0.1) is 18.0 Å². The van der Waals surface area contributed by atoms with Gasteiger partial charge < -0.3 is 9.22 Å². The predicted octanol–water partition coefficient (Wildman–Crippen LogP) is 4.96. The van der Waals surface area contributed by atoms with Gasteiger partial charge in [-0.2, -0.15) is 8.42 Å². The molecule has 3 aromatic rings. The fraction of sp³-hybridized carbons (Fsp3) is 0.280. The Hall–Kier alpha value is -3.27. The molecule has 0 aliphatic rings. The molecule has 0 atom stereocenters. The quantitative estimate of drug-likeness (QED) is 0.187. The van der Waals surface area contributed by atoms with Crippen LogP contribution < -0.4 is 4.74 Å². The minimum absolute atomic E-state index is 0.380. The summed E-state index contributed by atoms with van der Waals surface area (Å²) in [6, 6.07) is 25.0. The summed E-state index contributed by atoms with van der Waals surface area (Å²) < 4.78 is 36.6. The Labute approximate surface area is 200 Å². The lowest BCUT2D eigenvalue weighted by molar-refractivity contribution is -0.937. The Kier molecular flexibility index (Phi) is 10.2. The SMILES string of the molecule is CC[N+](CC)(CCOc1ccccc1)Cc1ccccc1.O=[N+]([O-])c1cccc(S(=O)(=O)O)c1. The van der Waals surface area contributed by atoms with E-state index in [1.165, 1.54) is 11.6 Å². The van der Waals surface area contributed by atoms with Crippen molar-refractivity contribution in [1.82, 2.24) is 0 Å². The third-order valence-corrected chi connectivity index (χ3v) is 6.46. The lowest BCUT2D eigenvalue weighted by atomic mass is 10.2. The van der Waals surface area contributed by atoms with E-state index >= 15 is 0 Å². The van der Waals surface area contributed by atoms with E-state index < -0.39 is 19.9 Å². The predicted molar refractivity (Wildman–Crippen MR) is 131 cm³/mol. The van der Waals surface area contributed by atoms with Crippen LogP contribution >= 0.6 is 0 Å². The van der Waals surface area contributed by atoms with Gasteiger partial charge in [-0.1, -0.05) is 54.6 Å². The van der Waals surface area contributed by atoms with Gasteiger partial charge in [-0.3, -0.25) is 14.7 Å². The molecule has 9 heteroatoms. The van der Waals surface area contributed by atoms with Gasteiger partial charge in [0.2, 0.25) is 0 Å². The number of benzene rings is 3. The van der Waals surface area contributed by atoms with Crippen LogP contribution in [-0.4, -0.2) is 48.6 Å². The summed E-state index contributed by atoms with van der Waals surface area (Å²) in [5, 5.41) is 10.2. The summed E-state index contributed by atoms with van der Waals surface area (Å²) in [6.45, 7) is 9.68. The van der Waals surface area contributed by atoms with Gasteiger partial charge in [-0.15, -0.1) is 0 Å². The van der Waals surface area contributed by atoms with Crippen molar-refractivity contribution in [1.29, 1.82) is 0 Å². The lowest BCUT2D eigenvalue weighted by Crippen LogP contribution is -2.49. The monoisotopic (exact) mass is 487 g/mol. The van der Waals surface area contributed by atoms with Gasteiger partial charge in [-0.25, -0.2) is 0 Å². The van der Waals surface area contributed by atoms with E-state index in [9.17, 15) is 18.5 Å². The van der Waals surface area contributed by atoms with Gasteiger partial charge >= 0.3 is 0 Å². The van der Waals surface area contributed by atoms with Gasteiger partial charge in [0.15, 0.2) is 0 Å². The second-order valence-electron chi connectivity index (χ2n) is 7.73. The molecule has 0 fully saturated rings. The second-order valence-corrected chi connectivity index (χ2v) is 9.15. The zero-order valence-corrected chi connectivity index (χ0v) is 20.2. The van der Waals surface area contributed by atoms with E-state index in [1.807, 2.05) is 30.3 Å². The van der Waals surface area contributed by atoms with Crippen molar-refractivity contribution < 1.29 is 27.1 Å².